The lowest BCUT2D eigenvalue weighted by Gasteiger charge is -2.34. The number of rotatable bonds is 5. The van der Waals surface area contributed by atoms with E-state index < -0.39 is 5.97 Å². The molecule has 1 amide bonds. The highest BCUT2D eigenvalue weighted by atomic mass is 19.1. The van der Waals surface area contributed by atoms with Crippen molar-refractivity contribution in [2.24, 2.45) is 5.92 Å². The molecule has 0 unspecified atom stereocenters. The number of carboxylic acid groups (broad SMARTS) is 1. The first-order valence-electron chi connectivity index (χ1n) is 8.74. The van der Waals surface area contributed by atoms with Gasteiger partial charge in [-0.1, -0.05) is 19.1 Å². The Bertz CT molecular complexity index is 805. The van der Waals surface area contributed by atoms with Gasteiger partial charge in [-0.05, 0) is 37.0 Å². The van der Waals surface area contributed by atoms with Crippen LogP contribution in [0.3, 0.4) is 0 Å². The van der Waals surface area contributed by atoms with Gasteiger partial charge in [0.25, 0.3) is 0 Å². The Morgan fingerprint density at radius 1 is 1.42 bits per heavy atom. The quantitative estimate of drug-likeness (QED) is 0.891. The summed E-state index contributed by atoms with van der Waals surface area (Å²) >= 11 is 0. The number of carbonyl (C=O) groups is 2. The number of aromatic carboxylic acids is 1. The van der Waals surface area contributed by atoms with E-state index in [0.29, 0.717) is 19.5 Å². The van der Waals surface area contributed by atoms with Crippen molar-refractivity contribution >= 4 is 11.9 Å². The van der Waals surface area contributed by atoms with E-state index in [2.05, 4.69) is 5.10 Å². The van der Waals surface area contributed by atoms with E-state index in [1.807, 2.05) is 13.0 Å². The molecule has 1 aromatic carbocycles. The van der Waals surface area contributed by atoms with Crippen molar-refractivity contribution < 1.29 is 19.1 Å². The summed E-state index contributed by atoms with van der Waals surface area (Å²) in [6.45, 7) is 3.04. The van der Waals surface area contributed by atoms with Gasteiger partial charge in [-0.3, -0.25) is 9.48 Å². The monoisotopic (exact) mass is 359 g/mol. The largest absolute Gasteiger partial charge is 0.478 e. The summed E-state index contributed by atoms with van der Waals surface area (Å²) in [5.41, 5.74) is 0.950. The summed E-state index contributed by atoms with van der Waals surface area (Å²) < 4.78 is 15.0. The number of nitrogens with zero attached hydrogens (tertiary/aromatic N) is 3. The summed E-state index contributed by atoms with van der Waals surface area (Å²) in [5, 5.41) is 13.2. The highest BCUT2D eigenvalue weighted by Crippen LogP contribution is 2.23. The summed E-state index contributed by atoms with van der Waals surface area (Å²) in [6.07, 6.45) is 5.02. The van der Waals surface area contributed by atoms with Gasteiger partial charge in [0, 0.05) is 25.2 Å². The number of aromatic nitrogens is 2. The molecular formula is C19H22FN3O3. The number of hydrogen-bond acceptors (Lipinski definition) is 3. The first kappa shape index (κ1) is 18.1. The average Bonchev–Trinajstić information content (AvgIpc) is 3.12. The average molecular weight is 359 g/mol. The predicted octanol–water partition coefficient (Wildman–Crippen LogP) is 2.76. The minimum absolute atomic E-state index is 0.0258. The first-order chi connectivity index (χ1) is 12.4. The summed E-state index contributed by atoms with van der Waals surface area (Å²) in [7, 11) is 0. The minimum atomic E-state index is -1.01. The molecule has 138 valence electrons. The van der Waals surface area contributed by atoms with Crippen molar-refractivity contribution in [3.8, 4) is 0 Å². The number of carbonyl (C=O) groups excluding carboxylic acids is 1. The molecule has 3 rings (SSSR count). The van der Waals surface area contributed by atoms with Crippen LogP contribution in [0.1, 0.15) is 41.7 Å². The van der Waals surface area contributed by atoms with Crippen LogP contribution in [-0.2, 0) is 11.2 Å². The molecule has 1 aliphatic rings. The molecule has 0 aliphatic carbocycles. The second-order valence-corrected chi connectivity index (χ2v) is 6.83. The fourth-order valence-electron chi connectivity index (χ4n) is 3.44. The van der Waals surface area contributed by atoms with Crippen LogP contribution in [0, 0.1) is 11.7 Å². The van der Waals surface area contributed by atoms with Crippen LogP contribution in [0.15, 0.2) is 36.7 Å². The second kappa shape index (κ2) is 7.68. The van der Waals surface area contributed by atoms with E-state index in [1.54, 1.807) is 15.6 Å². The van der Waals surface area contributed by atoms with Crippen molar-refractivity contribution in [2.45, 2.75) is 32.2 Å². The van der Waals surface area contributed by atoms with Crippen LogP contribution >= 0.6 is 0 Å². The number of likely N-dealkylation sites (tertiary alicyclic amines) is 1. The summed E-state index contributed by atoms with van der Waals surface area (Å²) in [4.78, 5) is 25.6. The van der Waals surface area contributed by atoms with Gasteiger partial charge in [0.05, 0.1) is 17.8 Å². The fourth-order valence-corrected chi connectivity index (χ4v) is 3.44. The van der Waals surface area contributed by atoms with Gasteiger partial charge in [0.15, 0.2) is 0 Å². The number of piperidine rings is 1. The van der Waals surface area contributed by atoms with E-state index in [4.69, 9.17) is 5.11 Å². The third-order valence-corrected chi connectivity index (χ3v) is 4.78. The van der Waals surface area contributed by atoms with Crippen LogP contribution < -0.4 is 0 Å². The molecule has 1 fully saturated rings. The van der Waals surface area contributed by atoms with Crippen LogP contribution in [0.25, 0.3) is 0 Å². The SMILES string of the molecule is C[C@@H](Cc1cccc(F)c1)C(=O)N1CCC[C@@H](n2cc(C(=O)O)cn2)C1. The molecule has 1 aliphatic heterocycles. The number of hydrogen-bond donors (Lipinski definition) is 1. The minimum Gasteiger partial charge on any atom is -0.478 e. The van der Waals surface area contributed by atoms with Crippen molar-refractivity contribution in [2.75, 3.05) is 13.1 Å². The molecule has 6 nitrogen and oxygen atoms in total. The smallest absolute Gasteiger partial charge is 0.338 e. The number of halogens is 1. The third kappa shape index (κ3) is 4.09. The van der Waals surface area contributed by atoms with Gasteiger partial charge in [-0.25, -0.2) is 9.18 Å². The number of benzene rings is 1. The molecule has 0 saturated carbocycles. The maximum absolute atomic E-state index is 13.3. The molecule has 1 N–H and O–H groups in total. The highest BCUT2D eigenvalue weighted by molar-refractivity contribution is 5.86. The maximum atomic E-state index is 13.3. The van der Waals surface area contributed by atoms with Gasteiger partial charge in [0.1, 0.15) is 5.82 Å². The van der Waals surface area contributed by atoms with Crippen molar-refractivity contribution in [3.63, 3.8) is 0 Å². The molecule has 2 heterocycles. The van der Waals surface area contributed by atoms with Crippen molar-refractivity contribution in [3.05, 3.63) is 53.6 Å². The van der Waals surface area contributed by atoms with Crippen LogP contribution in [0.5, 0.6) is 0 Å². The van der Waals surface area contributed by atoms with E-state index in [1.165, 1.54) is 24.5 Å². The Balaban J connectivity index is 1.64. The Labute approximate surface area is 151 Å². The zero-order valence-corrected chi connectivity index (χ0v) is 14.6. The maximum Gasteiger partial charge on any atom is 0.338 e. The number of amides is 1. The van der Waals surface area contributed by atoms with Gasteiger partial charge in [-0.2, -0.15) is 5.10 Å². The molecule has 7 heteroatoms. The second-order valence-electron chi connectivity index (χ2n) is 6.83. The predicted molar refractivity (Wildman–Crippen MR) is 93.3 cm³/mol. The van der Waals surface area contributed by atoms with Gasteiger partial charge in [-0.15, -0.1) is 0 Å². The fraction of sp³-hybridized carbons (Fsp3) is 0.421. The molecular weight excluding hydrogens is 337 g/mol. The van der Waals surface area contributed by atoms with E-state index >= 15 is 0 Å². The molecule has 2 aromatic rings. The first-order valence-corrected chi connectivity index (χ1v) is 8.74. The topological polar surface area (TPSA) is 75.4 Å². The van der Waals surface area contributed by atoms with Gasteiger partial charge < -0.3 is 10.0 Å². The van der Waals surface area contributed by atoms with Gasteiger partial charge in [0.2, 0.25) is 5.91 Å². The summed E-state index contributed by atoms with van der Waals surface area (Å²) in [5.74, 6) is -1.52. The Hall–Kier alpha value is -2.70. The lowest BCUT2D eigenvalue weighted by molar-refractivity contribution is -0.136. The molecule has 1 saturated heterocycles. The standard InChI is InChI=1S/C19H22FN3O3/c1-13(8-14-4-2-5-16(20)9-14)18(24)22-7-3-6-17(12-22)23-11-15(10-21-23)19(25)26/h2,4-5,9-11,13,17H,3,6-8,12H2,1H3,(H,25,26)/t13-,17+/m0/s1. The molecule has 0 radical (unpaired) electrons. The molecule has 26 heavy (non-hydrogen) atoms. The van der Waals surface area contributed by atoms with E-state index in [0.717, 1.165) is 18.4 Å². The van der Waals surface area contributed by atoms with Crippen LogP contribution in [0.2, 0.25) is 0 Å². The lowest BCUT2D eigenvalue weighted by Crippen LogP contribution is -2.43. The van der Waals surface area contributed by atoms with Crippen molar-refractivity contribution in [1.29, 1.82) is 0 Å². The lowest BCUT2D eigenvalue weighted by atomic mass is 9.97. The van der Waals surface area contributed by atoms with Crippen LogP contribution in [0.4, 0.5) is 4.39 Å². The Morgan fingerprint density at radius 3 is 2.92 bits per heavy atom. The Kier molecular flexibility index (Phi) is 5.35. The zero-order chi connectivity index (χ0) is 18.7. The highest BCUT2D eigenvalue weighted by Gasteiger charge is 2.28. The summed E-state index contributed by atoms with van der Waals surface area (Å²) in [6, 6.07) is 6.29. The third-order valence-electron chi connectivity index (χ3n) is 4.78. The molecule has 0 bridgehead atoms. The van der Waals surface area contributed by atoms with Crippen LogP contribution in [-0.4, -0.2) is 44.8 Å². The van der Waals surface area contributed by atoms with Gasteiger partial charge >= 0.3 is 5.97 Å². The zero-order valence-electron chi connectivity index (χ0n) is 14.6. The normalized spacial score (nSPS) is 18.5. The Morgan fingerprint density at radius 2 is 2.23 bits per heavy atom. The molecule has 0 spiro atoms. The number of carboxylic acids is 1. The molecule has 2 atom stereocenters. The van der Waals surface area contributed by atoms with Crippen molar-refractivity contribution in [1.82, 2.24) is 14.7 Å². The molecule has 1 aromatic heterocycles. The van der Waals surface area contributed by atoms with E-state index in [9.17, 15) is 14.0 Å². The van der Waals surface area contributed by atoms with E-state index in [-0.39, 0.29) is 29.2 Å².